The predicted octanol–water partition coefficient (Wildman–Crippen LogP) is 3.74. The van der Waals surface area contributed by atoms with Crippen LogP contribution in [0.1, 0.15) is 52.0 Å². The molecule has 0 radical (unpaired) electrons. The topological polar surface area (TPSA) is 59.0 Å². The highest BCUT2D eigenvalue weighted by Crippen LogP contribution is 2.25. The lowest BCUT2D eigenvalue weighted by atomic mass is 10.0. The van der Waals surface area contributed by atoms with Crippen molar-refractivity contribution in [3.05, 3.63) is 35.9 Å². The van der Waals surface area contributed by atoms with Gasteiger partial charge in [0, 0.05) is 13.2 Å². The van der Waals surface area contributed by atoms with Crippen LogP contribution in [0.25, 0.3) is 0 Å². The van der Waals surface area contributed by atoms with E-state index in [0.717, 1.165) is 24.8 Å². The zero-order valence-corrected chi connectivity index (χ0v) is 15.6. The van der Waals surface area contributed by atoms with Crippen molar-refractivity contribution in [2.75, 3.05) is 13.2 Å². The van der Waals surface area contributed by atoms with Gasteiger partial charge in [-0.3, -0.25) is 0 Å². The molecule has 2 rings (SSSR count). The molecule has 1 saturated heterocycles. The zero-order valence-electron chi connectivity index (χ0n) is 15.6. The van der Waals surface area contributed by atoms with E-state index in [1.807, 2.05) is 51.1 Å². The Morgan fingerprint density at radius 2 is 2.04 bits per heavy atom. The number of amides is 1. The molecular weight excluding hydrogens is 318 g/mol. The van der Waals surface area contributed by atoms with Gasteiger partial charge in [0.25, 0.3) is 0 Å². The van der Waals surface area contributed by atoms with Crippen molar-refractivity contribution in [1.82, 2.24) is 4.90 Å². The van der Waals surface area contributed by atoms with Gasteiger partial charge in [0.2, 0.25) is 0 Å². The first-order valence-electron chi connectivity index (χ1n) is 9.16. The molecule has 1 amide bonds. The van der Waals surface area contributed by atoms with E-state index in [2.05, 4.69) is 0 Å². The van der Waals surface area contributed by atoms with Crippen LogP contribution in [0.2, 0.25) is 0 Å². The number of carbonyl (C=O) groups is 1. The van der Waals surface area contributed by atoms with Gasteiger partial charge in [0.15, 0.2) is 0 Å². The predicted molar refractivity (Wildman–Crippen MR) is 97.3 cm³/mol. The molecule has 1 aromatic rings. The maximum absolute atomic E-state index is 12.3. The number of nitrogens with zero attached hydrogens (tertiary/aromatic N) is 1. The molecule has 0 aromatic heterocycles. The standard InChI is InChI=1S/C20H31NO4/c1-20(2,3)25-19(23)21-13-7-11-17(21)18(22)12-8-14-24-15-16-9-5-4-6-10-16/h4-6,9-10,17-18,22H,7-8,11-15H2,1-3H3/t17?,18-/m0/s1. The molecule has 25 heavy (non-hydrogen) atoms. The first kappa shape index (κ1) is 19.7. The summed E-state index contributed by atoms with van der Waals surface area (Å²) in [6, 6.07) is 9.89. The van der Waals surface area contributed by atoms with Crippen molar-refractivity contribution >= 4 is 6.09 Å². The van der Waals surface area contributed by atoms with Crippen molar-refractivity contribution in [3.63, 3.8) is 0 Å². The maximum atomic E-state index is 12.3. The summed E-state index contributed by atoms with van der Waals surface area (Å²) >= 11 is 0. The molecule has 1 N–H and O–H groups in total. The molecule has 140 valence electrons. The second kappa shape index (κ2) is 9.20. The van der Waals surface area contributed by atoms with Crippen LogP contribution in [0.4, 0.5) is 4.79 Å². The summed E-state index contributed by atoms with van der Waals surface area (Å²) in [5.74, 6) is 0. The molecule has 1 heterocycles. The van der Waals surface area contributed by atoms with Crippen LogP contribution in [-0.4, -0.2) is 47.0 Å². The van der Waals surface area contributed by atoms with E-state index >= 15 is 0 Å². The first-order valence-corrected chi connectivity index (χ1v) is 9.16. The Labute approximate surface area is 150 Å². The van der Waals surface area contributed by atoms with E-state index in [-0.39, 0.29) is 12.1 Å². The fraction of sp³-hybridized carbons (Fsp3) is 0.650. The number of ether oxygens (including phenoxy) is 2. The molecule has 2 atom stereocenters. The molecule has 1 unspecified atom stereocenters. The van der Waals surface area contributed by atoms with Crippen molar-refractivity contribution in [2.45, 2.75) is 70.8 Å². The normalized spacial score (nSPS) is 19.0. The summed E-state index contributed by atoms with van der Waals surface area (Å²) in [6.45, 7) is 7.42. The molecular formula is C20H31NO4. The molecule has 1 aliphatic rings. The minimum Gasteiger partial charge on any atom is -0.444 e. The van der Waals surface area contributed by atoms with E-state index in [1.54, 1.807) is 4.90 Å². The monoisotopic (exact) mass is 349 g/mol. The molecule has 1 aliphatic heterocycles. The average Bonchev–Trinajstić information content (AvgIpc) is 3.03. The van der Waals surface area contributed by atoms with Gasteiger partial charge in [-0.1, -0.05) is 30.3 Å². The van der Waals surface area contributed by atoms with Gasteiger partial charge in [-0.25, -0.2) is 4.79 Å². The van der Waals surface area contributed by atoms with Gasteiger partial charge in [0.05, 0.1) is 18.8 Å². The Morgan fingerprint density at radius 1 is 1.32 bits per heavy atom. The van der Waals surface area contributed by atoms with E-state index in [0.29, 0.717) is 26.2 Å². The fourth-order valence-corrected chi connectivity index (χ4v) is 3.09. The van der Waals surface area contributed by atoms with Gasteiger partial charge in [0.1, 0.15) is 5.60 Å². The lowest BCUT2D eigenvalue weighted by Crippen LogP contribution is -2.45. The summed E-state index contributed by atoms with van der Waals surface area (Å²) in [6.07, 6.45) is 2.27. The minimum absolute atomic E-state index is 0.149. The Hall–Kier alpha value is -1.59. The summed E-state index contributed by atoms with van der Waals surface area (Å²) in [5, 5.41) is 10.5. The molecule has 0 aliphatic carbocycles. The molecule has 5 heteroatoms. The van der Waals surface area contributed by atoms with Crippen LogP contribution in [0.15, 0.2) is 30.3 Å². The quantitative estimate of drug-likeness (QED) is 0.762. The third-order valence-corrected chi connectivity index (χ3v) is 4.27. The Balaban J connectivity index is 1.70. The Morgan fingerprint density at radius 3 is 2.72 bits per heavy atom. The van der Waals surface area contributed by atoms with E-state index < -0.39 is 11.7 Å². The average molecular weight is 349 g/mol. The van der Waals surface area contributed by atoms with E-state index in [1.165, 1.54) is 0 Å². The Kier molecular flexibility index (Phi) is 7.26. The second-order valence-corrected chi connectivity index (χ2v) is 7.63. The smallest absolute Gasteiger partial charge is 0.410 e. The summed E-state index contributed by atoms with van der Waals surface area (Å²) in [4.78, 5) is 14.0. The molecule has 5 nitrogen and oxygen atoms in total. The molecule has 0 saturated carbocycles. The van der Waals surface area contributed by atoms with Crippen LogP contribution in [0.3, 0.4) is 0 Å². The fourth-order valence-electron chi connectivity index (χ4n) is 3.09. The van der Waals surface area contributed by atoms with E-state index in [4.69, 9.17) is 9.47 Å². The van der Waals surface area contributed by atoms with Crippen LogP contribution < -0.4 is 0 Å². The SMILES string of the molecule is CC(C)(C)OC(=O)N1CCCC1[C@@H](O)CCCOCc1ccccc1. The van der Waals surface area contributed by atoms with Gasteiger partial charge in [-0.05, 0) is 52.0 Å². The first-order chi connectivity index (χ1) is 11.9. The van der Waals surface area contributed by atoms with Crippen LogP contribution >= 0.6 is 0 Å². The minimum atomic E-state index is -0.532. The summed E-state index contributed by atoms with van der Waals surface area (Å²) in [7, 11) is 0. The lowest BCUT2D eigenvalue weighted by Gasteiger charge is -2.31. The largest absolute Gasteiger partial charge is 0.444 e. The number of benzene rings is 1. The number of aliphatic hydroxyl groups excluding tert-OH is 1. The van der Waals surface area contributed by atoms with Crippen LogP contribution in [0, 0.1) is 0 Å². The van der Waals surface area contributed by atoms with E-state index in [9.17, 15) is 9.90 Å². The lowest BCUT2D eigenvalue weighted by molar-refractivity contribution is 0.00190. The Bertz CT molecular complexity index is 526. The third kappa shape index (κ3) is 6.67. The number of carbonyl (C=O) groups excluding carboxylic acids is 1. The number of hydrogen-bond donors (Lipinski definition) is 1. The van der Waals surface area contributed by atoms with Gasteiger partial charge in [-0.15, -0.1) is 0 Å². The molecule has 0 spiro atoms. The van der Waals surface area contributed by atoms with Gasteiger partial charge < -0.3 is 19.5 Å². The molecule has 0 bridgehead atoms. The summed E-state index contributed by atoms with van der Waals surface area (Å²) in [5.41, 5.74) is 0.635. The number of aliphatic hydroxyl groups is 1. The van der Waals surface area contributed by atoms with Crippen molar-refractivity contribution in [1.29, 1.82) is 0 Å². The van der Waals surface area contributed by atoms with Crippen LogP contribution in [0.5, 0.6) is 0 Å². The van der Waals surface area contributed by atoms with Crippen molar-refractivity contribution < 1.29 is 19.4 Å². The maximum Gasteiger partial charge on any atom is 0.410 e. The van der Waals surface area contributed by atoms with Crippen LogP contribution in [-0.2, 0) is 16.1 Å². The zero-order chi connectivity index (χ0) is 18.3. The van der Waals surface area contributed by atoms with Crippen molar-refractivity contribution in [2.24, 2.45) is 0 Å². The second-order valence-electron chi connectivity index (χ2n) is 7.63. The van der Waals surface area contributed by atoms with Gasteiger partial charge >= 0.3 is 6.09 Å². The highest BCUT2D eigenvalue weighted by Gasteiger charge is 2.35. The third-order valence-electron chi connectivity index (χ3n) is 4.27. The number of likely N-dealkylation sites (tertiary alicyclic amines) is 1. The van der Waals surface area contributed by atoms with Crippen molar-refractivity contribution in [3.8, 4) is 0 Å². The summed E-state index contributed by atoms with van der Waals surface area (Å²) < 4.78 is 11.1. The number of hydrogen-bond acceptors (Lipinski definition) is 4. The highest BCUT2D eigenvalue weighted by atomic mass is 16.6. The molecule has 1 aromatic carbocycles. The molecule has 1 fully saturated rings. The number of rotatable bonds is 7. The van der Waals surface area contributed by atoms with Gasteiger partial charge in [-0.2, -0.15) is 0 Å². The highest BCUT2D eigenvalue weighted by molar-refractivity contribution is 5.69.